The number of carbonyl (C=O) groups excluding carboxylic acids is 1. The summed E-state index contributed by atoms with van der Waals surface area (Å²) >= 11 is 0. The summed E-state index contributed by atoms with van der Waals surface area (Å²) in [6.45, 7) is 2.57. The van der Waals surface area contributed by atoms with E-state index in [4.69, 9.17) is 4.74 Å². The first-order chi connectivity index (χ1) is 10.1. The van der Waals surface area contributed by atoms with Gasteiger partial charge >= 0.3 is 5.97 Å². The van der Waals surface area contributed by atoms with E-state index >= 15 is 0 Å². The van der Waals surface area contributed by atoms with Crippen molar-refractivity contribution >= 4 is 5.97 Å². The van der Waals surface area contributed by atoms with Crippen LogP contribution in [0, 0.1) is 0 Å². The SMILES string of the molecule is COC(=O)C(C)(c1ccccc1)N(C)Cc1ccccc1. The van der Waals surface area contributed by atoms with Gasteiger partial charge in [-0.15, -0.1) is 0 Å². The van der Waals surface area contributed by atoms with E-state index in [2.05, 4.69) is 12.1 Å². The predicted octanol–water partition coefficient (Wildman–Crippen LogP) is 3.21. The second-order valence-corrected chi connectivity index (χ2v) is 5.27. The molecule has 0 radical (unpaired) electrons. The van der Waals surface area contributed by atoms with Crippen LogP contribution in [0.15, 0.2) is 60.7 Å². The molecular weight excluding hydrogens is 262 g/mol. The molecule has 1 unspecified atom stereocenters. The monoisotopic (exact) mass is 283 g/mol. The number of rotatable bonds is 5. The molecule has 0 saturated carbocycles. The molecule has 0 aliphatic carbocycles. The van der Waals surface area contributed by atoms with Crippen LogP contribution in [0.3, 0.4) is 0 Å². The molecule has 3 nitrogen and oxygen atoms in total. The summed E-state index contributed by atoms with van der Waals surface area (Å²) in [4.78, 5) is 14.4. The van der Waals surface area contributed by atoms with E-state index in [1.807, 2.05) is 67.4 Å². The van der Waals surface area contributed by atoms with Gasteiger partial charge < -0.3 is 4.74 Å². The van der Waals surface area contributed by atoms with Crippen LogP contribution in [0.25, 0.3) is 0 Å². The van der Waals surface area contributed by atoms with E-state index in [0.717, 1.165) is 11.1 Å². The number of methoxy groups -OCH3 is 1. The van der Waals surface area contributed by atoms with Crippen LogP contribution >= 0.6 is 0 Å². The first-order valence-corrected chi connectivity index (χ1v) is 6.98. The molecule has 0 aliphatic rings. The fourth-order valence-corrected chi connectivity index (χ4v) is 2.47. The average Bonchev–Trinajstić information content (AvgIpc) is 2.55. The molecule has 0 fully saturated rings. The van der Waals surface area contributed by atoms with Crippen molar-refractivity contribution in [2.45, 2.75) is 19.0 Å². The van der Waals surface area contributed by atoms with Crippen molar-refractivity contribution in [3.05, 3.63) is 71.8 Å². The van der Waals surface area contributed by atoms with E-state index in [1.54, 1.807) is 0 Å². The summed E-state index contributed by atoms with van der Waals surface area (Å²) in [5.74, 6) is -0.257. The zero-order valence-electron chi connectivity index (χ0n) is 12.7. The van der Waals surface area contributed by atoms with Gasteiger partial charge in [-0.3, -0.25) is 4.90 Å². The zero-order valence-corrected chi connectivity index (χ0v) is 12.7. The Labute approximate surface area is 126 Å². The Morgan fingerprint density at radius 1 is 1.05 bits per heavy atom. The van der Waals surface area contributed by atoms with Gasteiger partial charge in [0.25, 0.3) is 0 Å². The van der Waals surface area contributed by atoms with Crippen molar-refractivity contribution in [2.75, 3.05) is 14.2 Å². The van der Waals surface area contributed by atoms with Crippen LogP contribution in [0.4, 0.5) is 0 Å². The number of ether oxygens (including phenoxy) is 1. The first kappa shape index (κ1) is 15.3. The minimum Gasteiger partial charge on any atom is -0.467 e. The third-order valence-corrected chi connectivity index (χ3v) is 3.94. The van der Waals surface area contributed by atoms with Gasteiger partial charge in [0.05, 0.1) is 7.11 Å². The molecule has 0 N–H and O–H groups in total. The molecule has 110 valence electrons. The van der Waals surface area contributed by atoms with Crippen molar-refractivity contribution in [2.24, 2.45) is 0 Å². The van der Waals surface area contributed by atoms with Gasteiger partial charge in [0.15, 0.2) is 0 Å². The predicted molar refractivity (Wildman–Crippen MR) is 83.7 cm³/mol. The molecule has 2 rings (SSSR count). The number of nitrogens with zero attached hydrogens (tertiary/aromatic N) is 1. The average molecular weight is 283 g/mol. The highest BCUT2D eigenvalue weighted by molar-refractivity contribution is 5.82. The van der Waals surface area contributed by atoms with Crippen LogP contribution in [0.1, 0.15) is 18.1 Å². The molecule has 0 saturated heterocycles. The number of benzene rings is 2. The van der Waals surface area contributed by atoms with E-state index in [0.29, 0.717) is 6.54 Å². The summed E-state index contributed by atoms with van der Waals surface area (Å²) in [6.07, 6.45) is 0. The van der Waals surface area contributed by atoms with Crippen LogP contribution in [-0.4, -0.2) is 25.0 Å². The number of carbonyl (C=O) groups is 1. The summed E-state index contributed by atoms with van der Waals surface area (Å²) in [5.41, 5.74) is 1.27. The Morgan fingerprint density at radius 2 is 1.57 bits per heavy atom. The maximum Gasteiger partial charge on any atom is 0.330 e. The second kappa shape index (κ2) is 6.55. The van der Waals surface area contributed by atoms with Gasteiger partial charge in [0.2, 0.25) is 0 Å². The summed E-state index contributed by atoms with van der Waals surface area (Å²) in [6, 6.07) is 19.8. The largest absolute Gasteiger partial charge is 0.467 e. The Hall–Kier alpha value is -2.13. The van der Waals surface area contributed by atoms with Gasteiger partial charge in [-0.2, -0.15) is 0 Å². The Morgan fingerprint density at radius 3 is 2.10 bits per heavy atom. The standard InChI is InChI=1S/C18H21NO2/c1-18(17(20)21-3,16-12-8-5-9-13-16)19(2)14-15-10-6-4-7-11-15/h4-13H,14H2,1-3H3. The lowest BCUT2D eigenvalue weighted by atomic mass is 9.90. The molecule has 0 bridgehead atoms. The minimum absolute atomic E-state index is 0.257. The third-order valence-electron chi connectivity index (χ3n) is 3.94. The molecular formula is C18H21NO2. The highest BCUT2D eigenvalue weighted by Crippen LogP contribution is 2.29. The zero-order chi connectivity index (χ0) is 15.3. The molecule has 0 spiro atoms. The van der Waals surface area contributed by atoms with Crippen LogP contribution in [0.2, 0.25) is 0 Å². The van der Waals surface area contributed by atoms with Gasteiger partial charge in [-0.1, -0.05) is 60.7 Å². The highest BCUT2D eigenvalue weighted by atomic mass is 16.5. The molecule has 0 aliphatic heterocycles. The summed E-state index contributed by atoms with van der Waals surface area (Å²) in [5, 5.41) is 0. The van der Waals surface area contributed by atoms with E-state index in [1.165, 1.54) is 7.11 Å². The maximum absolute atomic E-state index is 12.4. The van der Waals surface area contributed by atoms with Crippen LogP contribution in [0.5, 0.6) is 0 Å². The quantitative estimate of drug-likeness (QED) is 0.789. The maximum atomic E-state index is 12.4. The van der Waals surface area contributed by atoms with Gasteiger partial charge in [0.1, 0.15) is 5.54 Å². The second-order valence-electron chi connectivity index (χ2n) is 5.27. The third kappa shape index (κ3) is 3.14. The smallest absolute Gasteiger partial charge is 0.330 e. The van der Waals surface area contributed by atoms with Crippen molar-refractivity contribution in [1.82, 2.24) is 4.90 Å². The summed E-state index contributed by atoms with van der Waals surface area (Å²) in [7, 11) is 3.37. The fraction of sp³-hybridized carbons (Fsp3) is 0.278. The number of esters is 1. The lowest BCUT2D eigenvalue weighted by Gasteiger charge is -2.36. The van der Waals surface area contributed by atoms with Crippen molar-refractivity contribution in [1.29, 1.82) is 0 Å². The molecule has 0 heterocycles. The minimum atomic E-state index is -0.814. The Bertz CT molecular complexity index is 583. The molecule has 3 heteroatoms. The fourth-order valence-electron chi connectivity index (χ4n) is 2.47. The Balaban J connectivity index is 2.34. The van der Waals surface area contributed by atoms with E-state index in [9.17, 15) is 4.79 Å². The van der Waals surface area contributed by atoms with E-state index in [-0.39, 0.29) is 5.97 Å². The number of hydrogen-bond acceptors (Lipinski definition) is 3. The number of likely N-dealkylation sites (N-methyl/N-ethyl adjacent to an activating group) is 1. The van der Waals surface area contributed by atoms with Gasteiger partial charge in [-0.05, 0) is 25.1 Å². The van der Waals surface area contributed by atoms with Gasteiger partial charge in [0, 0.05) is 6.54 Å². The van der Waals surface area contributed by atoms with Crippen molar-refractivity contribution < 1.29 is 9.53 Å². The number of hydrogen-bond donors (Lipinski definition) is 0. The molecule has 2 aromatic carbocycles. The molecule has 0 amide bonds. The van der Waals surface area contributed by atoms with Crippen molar-refractivity contribution in [3.63, 3.8) is 0 Å². The molecule has 0 aromatic heterocycles. The lowest BCUT2D eigenvalue weighted by Crippen LogP contribution is -2.48. The van der Waals surface area contributed by atoms with Crippen LogP contribution < -0.4 is 0 Å². The topological polar surface area (TPSA) is 29.5 Å². The Kier molecular flexibility index (Phi) is 4.76. The van der Waals surface area contributed by atoms with Crippen LogP contribution in [-0.2, 0) is 21.6 Å². The van der Waals surface area contributed by atoms with Gasteiger partial charge in [-0.25, -0.2) is 4.79 Å². The lowest BCUT2D eigenvalue weighted by molar-refractivity contribution is -0.154. The summed E-state index contributed by atoms with van der Waals surface area (Å²) < 4.78 is 5.05. The molecule has 2 aromatic rings. The molecule has 1 atom stereocenters. The first-order valence-electron chi connectivity index (χ1n) is 6.98. The van der Waals surface area contributed by atoms with Crippen molar-refractivity contribution in [3.8, 4) is 0 Å². The normalized spacial score (nSPS) is 13.7. The highest BCUT2D eigenvalue weighted by Gasteiger charge is 2.40. The molecule has 21 heavy (non-hydrogen) atoms. The van der Waals surface area contributed by atoms with E-state index < -0.39 is 5.54 Å².